The Morgan fingerprint density at radius 3 is 2.41 bits per heavy atom. The molecule has 1 heterocycles. The van der Waals surface area contributed by atoms with Crippen molar-refractivity contribution in [1.82, 2.24) is 9.55 Å². The van der Waals surface area contributed by atoms with Crippen molar-refractivity contribution in [2.75, 3.05) is 11.9 Å². The molecule has 4 rings (SSSR count). The van der Waals surface area contributed by atoms with E-state index in [9.17, 15) is 0 Å². The van der Waals surface area contributed by atoms with E-state index in [0.717, 1.165) is 37.3 Å². The molecule has 29 heavy (non-hydrogen) atoms. The van der Waals surface area contributed by atoms with E-state index in [2.05, 4.69) is 103 Å². The van der Waals surface area contributed by atoms with Gasteiger partial charge in [0.15, 0.2) is 0 Å². The fraction of sp³-hybridized carbons (Fsp3) is 0.174. The zero-order chi connectivity index (χ0) is 20.2. The van der Waals surface area contributed by atoms with Gasteiger partial charge in [-0.25, -0.2) is 4.98 Å². The molecule has 0 saturated carbocycles. The van der Waals surface area contributed by atoms with Gasteiger partial charge in [-0.05, 0) is 66.6 Å². The maximum Gasteiger partial charge on any atom is 0.208 e. The van der Waals surface area contributed by atoms with Crippen LogP contribution in [0.15, 0.2) is 71.2 Å². The summed E-state index contributed by atoms with van der Waals surface area (Å²) in [6, 6.07) is 22.9. The standard InChI is InChI=1S/C23H21BrIN3O/c1-2-29-20-10-8-19(9-11-20)28-22-13-17(14-25)5-12-21(22)27-23(28)26-15-16-3-6-18(24)7-4-16/h3-13H,2,14-15H2,1H3,(H,26,27). The minimum Gasteiger partial charge on any atom is -0.494 e. The molecule has 1 aromatic heterocycles. The number of nitrogens with one attached hydrogen (secondary N) is 1. The lowest BCUT2D eigenvalue weighted by molar-refractivity contribution is 0.340. The molecule has 0 fully saturated rings. The van der Waals surface area contributed by atoms with Crippen LogP contribution < -0.4 is 10.1 Å². The van der Waals surface area contributed by atoms with Gasteiger partial charge in [-0.2, -0.15) is 0 Å². The molecule has 0 radical (unpaired) electrons. The van der Waals surface area contributed by atoms with Gasteiger partial charge in [-0.3, -0.25) is 4.57 Å². The van der Waals surface area contributed by atoms with Crippen LogP contribution in [-0.2, 0) is 11.0 Å². The fourth-order valence-corrected chi connectivity index (χ4v) is 3.96. The van der Waals surface area contributed by atoms with Crippen molar-refractivity contribution in [3.8, 4) is 11.4 Å². The van der Waals surface area contributed by atoms with Crippen molar-refractivity contribution in [2.45, 2.75) is 17.9 Å². The van der Waals surface area contributed by atoms with Crippen molar-refractivity contribution in [2.24, 2.45) is 0 Å². The first-order chi connectivity index (χ1) is 14.2. The van der Waals surface area contributed by atoms with E-state index in [1.807, 2.05) is 19.1 Å². The Kier molecular flexibility index (Phi) is 6.40. The van der Waals surface area contributed by atoms with Gasteiger partial charge in [0, 0.05) is 21.1 Å². The van der Waals surface area contributed by atoms with Gasteiger partial charge in [0.1, 0.15) is 5.75 Å². The van der Waals surface area contributed by atoms with Crippen LogP contribution in [0.1, 0.15) is 18.1 Å². The third-order valence-corrected chi connectivity index (χ3v) is 6.05. The molecule has 0 unspecified atom stereocenters. The molecule has 1 N–H and O–H groups in total. The molecule has 0 bridgehead atoms. The normalized spacial score (nSPS) is 11.0. The first-order valence-corrected chi connectivity index (χ1v) is 11.8. The Bertz CT molecular complexity index is 1110. The molecule has 0 aliphatic heterocycles. The van der Waals surface area contributed by atoms with Gasteiger partial charge >= 0.3 is 0 Å². The van der Waals surface area contributed by atoms with Crippen LogP contribution >= 0.6 is 38.5 Å². The fourth-order valence-electron chi connectivity index (χ4n) is 3.23. The molecule has 0 amide bonds. The highest BCUT2D eigenvalue weighted by atomic mass is 127. The molecule has 0 spiro atoms. The van der Waals surface area contributed by atoms with Crippen LogP contribution in [0.5, 0.6) is 5.75 Å². The first-order valence-electron chi connectivity index (χ1n) is 9.47. The highest BCUT2D eigenvalue weighted by Crippen LogP contribution is 2.28. The van der Waals surface area contributed by atoms with Crippen LogP contribution in [0.4, 0.5) is 5.95 Å². The Morgan fingerprint density at radius 1 is 1.00 bits per heavy atom. The maximum atomic E-state index is 5.60. The van der Waals surface area contributed by atoms with E-state index in [0.29, 0.717) is 13.2 Å². The lowest BCUT2D eigenvalue weighted by atomic mass is 10.2. The average Bonchev–Trinajstić information content (AvgIpc) is 3.11. The highest BCUT2D eigenvalue weighted by molar-refractivity contribution is 14.1. The molecule has 6 heteroatoms. The number of hydrogen-bond donors (Lipinski definition) is 1. The number of hydrogen-bond acceptors (Lipinski definition) is 3. The van der Waals surface area contributed by atoms with E-state index < -0.39 is 0 Å². The highest BCUT2D eigenvalue weighted by Gasteiger charge is 2.13. The number of benzene rings is 3. The SMILES string of the molecule is CCOc1ccc(-n2c(NCc3ccc(Br)cc3)nc3ccc(CI)cc32)cc1. The second-order valence-corrected chi connectivity index (χ2v) is 8.31. The van der Waals surface area contributed by atoms with Crippen molar-refractivity contribution in [3.05, 3.63) is 82.3 Å². The average molecular weight is 562 g/mol. The van der Waals surface area contributed by atoms with E-state index >= 15 is 0 Å². The minimum atomic E-state index is 0.659. The second-order valence-electron chi connectivity index (χ2n) is 6.63. The van der Waals surface area contributed by atoms with E-state index in [1.165, 1.54) is 11.1 Å². The topological polar surface area (TPSA) is 39.1 Å². The zero-order valence-corrected chi connectivity index (χ0v) is 19.8. The number of anilines is 1. The number of aromatic nitrogens is 2. The largest absolute Gasteiger partial charge is 0.494 e. The smallest absolute Gasteiger partial charge is 0.208 e. The van der Waals surface area contributed by atoms with Crippen LogP contribution in [0, 0.1) is 0 Å². The third kappa shape index (κ3) is 4.59. The van der Waals surface area contributed by atoms with Crippen LogP contribution in [0.3, 0.4) is 0 Å². The predicted molar refractivity (Wildman–Crippen MR) is 131 cm³/mol. The van der Waals surface area contributed by atoms with Crippen molar-refractivity contribution >= 4 is 55.5 Å². The van der Waals surface area contributed by atoms with Crippen molar-refractivity contribution in [3.63, 3.8) is 0 Å². The molecular weight excluding hydrogens is 541 g/mol. The Labute approximate surface area is 192 Å². The first kappa shape index (κ1) is 20.2. The van der Waals surface area contributed by atoms with Crippen LogP contribution in [-0.4, -0.2) is 16.2 Å². The summed E-state index contributed by atoms with van der Waals surface area (Å²) in [7, 11) is 0. The van der Waals surface area contributed by atoms with Gasteiger partial charge in [0.05, 0.1) is 17.6 Å². The van der Waals surface area contributed by atoms with Crippen molar-refractivity contribution in [1.29, 1.82) is 0 Å². The number of nitrogens with zero attached hydrogens (tertiary/aromatic N) is 2. The van der Waals surface area contributed by atoms with Crippen molar-refractivity contribution < 1.29 is 4.74 Å². The summed E-state index contributed by atoms with van der Waals surface area (Å²) >= 11 is 5.88. The Hall–Kier alpha value is -2.06. The number of fused-ring (bicyclic) bond motifs is 1. The number of imidazole rings is 1. The van der Waals surface area contributed by atoms with Gasteiger partial charge in [-0.1, -0.05) is 56.7 Å². The Morgan fingerprint density at radius 2 is 1.72 bits per heavy atom. The molecule has 0 aliphatic carbocycles. The van der Waals surface area contributed by atoms with Gasteiger partial charge < -0.3 is 10.1 Å². The Balaban J connectivity index is 1.74. The summed E-state index contributed by atoms with van der Waals surface area (Å²) < 4.78 is 9.82. The van der Waals surface area contributed by atoms with Crippen LogP contribution in [0.2, 0.25) is 0 Å². The molecule has 0 atom stereocenters. The molecule has 4 nitrogen and oxygen atoms in total. The summed E-state index contributed by atoms with van der Waals surface area (Å²) in [6.07, 6.45) is 0. The number of ether oxygens (including phenoxy) is 1. The van der Waals surface area contributed by atoms with Crippen LogP contribution in [0.25, 0.3) is 16.7 Å². The van der Waals surface area contributed by atoms with Gasteiger partial charge in [-0.15, -0.1) is 0 Å². The predicted octanol–water partition coefficient (Wildman–Crippen LogP) is 6.73. The maximum absolute atomic E-state index is 5.60. The summed E-state index contributed by atoms with van der Waals surface area (Å²) in [5, 5.41) is 3.52. The molecule has 3 aromatic carbocycles. The number of alkyl halides is 1. The molecule has 148 valence electrons. The lowest BCUT2D eigenvalue weighted by Crippen LogP contribution is -2.06. The number of rotatable bonds is 7. The number of halogens is 2. The molecule has 0 aliphatic rings. The quantitative estimate of drug-likeness (QED) is 0.201. The molecular formula is C23H21BrIN3O. The molecule has 0 saturated heterocycles. The summed E-state index contributed by atoms with van der Waals surface area (Å²) in [6.45, 7) is 3.35. The van der Waals surface area contributed by atoms with E-state index in [4.69, 9.17) is 9.72 Å². The molecule has 4 aromatic rings. The van der Waals surface area contributed by atoms with Gasteiger partial charge in [0.25, 0.3) is 0 Å². The summed E-state index contributed by atoms with van der Waals surface area (Å²) in [4.78, 5) is 4.86. The monoisotopic (exact) mass is 561 g/mol. The van der Waals surface area contributed by atoms with E-state index in [-0.39, 0.29) is 0 Å². The van der Waals surface area contributed by atoms with Gasteiger partial charge in [0.2, 0.25) is 5.95 Å². The summed E-state index contributed by atoms with van der Waals surface area (Å²) in [5.74, 6) is 1.70. The lowest BCUT2D eigenvalue weighted by Gasteiger charge is -2.12. The third-order valence-electron chi connectivity index (χ3n) is 4.64. The van der Waals surface area contributed by atoms with E-state index in [1.54, 1.807) is 0 Å². The second kappa shape index (κ2) is 9.17. The zero-order valence-electron chi connectivity index (χ0n) is 16.0. The minimum absolute atomic E-state index is 0.659. The summed E-state index contributed by atoms with van der Waals surface area (Å²) in [5.41, 5.74) is 5.61.